The summed E-state index contributed by atoms with van der Waals surface area (Å²) in [6.45, 7) is 11.6. The van der Waals surface area contributed by atoms with E-state index in [0.29, 0.717) is 0 Å². The Bertz CT molecular complexity index is 2030. The van der Waals surface area contributed by atoms with Gasteiger partial charge in [0.15, 0.2) is 0 Å². The van der Waals surface area contributed by atoms with Crippen molar-refractivity contribution in [3.05, 3.63) is 126 Å². The van der Waals surface area contributed by atoms with Crippen molar-refractivity contribution in [1.29, 1.82) is 0 Å². The highest BCUT2D eigenvalue weighted by molar-refractivity contribution is 6.11. The number of hydrogen-bond donors (Lipinski definition) is 0. The van der Waals surface area contributed by atoms with E-state index in [1.807, 2.05) is 12.1 Å². The summed E-state index contributed by atoms with van der Waals surface area (Å²) < 4.78 is 8.61. The minimum Gasteiger partial charge on any atom is -0.456 e. The molecule has 0 atom stereocenters. The molecular weight excluding hydrogens is 486 g/mol. The molecule has 198 valence electrons. The van der Waals surface area contributed by atoms with Gasteiger partial charge in [0, 0.05) is 27.2 Å². The van der Waals surface area contributed by atoms with E-state index in [0.717, 1.165) is 17.6 Å². The van der Waals surface area contributed by atoms with Crippen LogP contribution < -0.4 is 0 Å². The van der Waals surface area contributed by atoms with E-state index in [2.05, 4.69) is 136 Å². The third kappa shape index (κ3) is 3.93. The second-order valence-electron chi connectivity index (χ2n) is 12.8. The van der Waals surface area contributed by atoms with Crippen LogP contribution in [0.4, 0.5) is 0 Å². The van der Waals surface area contributed by atoms with E-state index >= 15 is 0 Å². The molecule has 7 aromatic rings. The van der Waals surface area contributed by atoms with Crippen LogP contribution in [-0.2, 0) is 17.3 Å². The molecule has 0 radical (unpaired) electrons. The first-order valence-electron chi connectivity index (χ1n) is 14.2. The Kier molecular flexibility index (Phi) is 5.47. The predicted octanol–water partition coefficient (Wildman–Crippen LogP) is 10.5. The summed E-state index contributed by atoms with van der Waals surface area (Å²) in [4.78, 5) is 0. The van der Waals surface area contributed by atoms with Crippen LogP contribution in [0.1, 0.15) is 51.3 Å². The van der Waals surface area contributed by atoms with Gasteiger partial charge < -0.3 is 8.98 Å². The second kappa shape index (κ2) is 8.86. The van der Waals surface area contributed by atoms with E-state index in [1.165, 1.54) is 55.0 Å². The summed E-state index contributed by atoms with van der Waals surface area (Å²) in [6.07, 6.45) is 0.945. The highest BCUT2D eigenvalue weighted by atomic mass is 16.3. The number of para-hydroxylation sites is 2. The zero-order valence-electron chi connectivity index (χ0n) is 24.0. The van der Waals surface area contributed by atoms with Crippen LogP contribution in [-0.4, -0.2) is 4.57 Å². The molecule has 2 aromatic heterocycles. The molecule has 40 heavy (non-hydrogen) atoms. The van der Waals surface area contributed by atoms with Gasteiger partial charge in [-0.1, -0.05) is 107 Å². The van der Waals surface area contributed by atoms with Crippen LogP contribution >= 0.6 is 0 Å². The zero-order valence-corrected chi connectivity index (χ0v) is 24.0. The highest BCUT2D eigenvalue weighted by Crippen LogP contribution is 2.39. The van der Waals surface area contributed by atoms with Gasteiger partial charge in [0.25, 0.3) is 0 Å². The maximum atomic E-state index is 6.19. The van der Waals surface area contributed by atoms with Crippen molar-refractivity contribution in [3.8, 4) is 5.69 Å². The van der Waals surface area contributed by atoms with Gasteiger partial charge in [-0.25, -0.2) is 0 Å². The monoisotopic (exact) mass is 521 g/mol. The molecule has 0 fully saturated rings. The van der Waals surface area contributed by atoms with E-state index in [4.69, 9.17) is 4.42 Å². The summed E-state index contributed by atoms with van der Waals surface area (Å²) >= 11 is 0. The quantitative estimate of drug-likeness (QED) is 0.225. The lowest BCUT2D eigenvalue weighted by Crippen LogP contribution is -2.20. The number of aromatic nitrogens is 1. The molecule has 2 heterocycles. The fraction of sp³-hybridized carbons (Fsp3) is 0.211. The molecular formula is C38H35NO. The number of nitrogens with zero attached hydrogens (tertiary/aromatic N) is 1. The maximum Gasteiger partial charge on any atom is 0.135 e. The Morgan fingerprint density at radius 1 is 0.600 bits per heavy atom. The van der Waals surface area contributed by atoms with Crippen LogP contribution in [0, 0.1) is 0 Å². The molecule has 2 nitrogen and oxygen atoms in total. The first kappa shape index (κ1) is 24.7. The molecule has 0 bridgehead atoms. The van der Waals surface area contributed by atoms with Crippen molar-refractivity contribution in [2.75, 3.05) is 0 Å². The summed E-state index contributed by atoms with van der Waals surface area (Å²) in [7, 11) is 0. The van der Waals surface area contributed by atoms with Gasteiger partial charge in [-0.15, -0.1) is 0 Å². The van der Waals surface area contributed by atoms with Crippen molar-refractivity contribution in [2.24, 2.45) is 0 Å². The fourth-order valence-corrected chi connectivity index (χ4v) is 6.44. The van der Waals surface area contributed by atoms with E-state index in [-0.39, 0.29) is 10.8 Å². The molecule has 0 N–H and O–H groups in total. The molecule has 0 unspecified atom stereocenters. The summed E-state index contributed by atoms with van der Waals surface area (Å²) in [5, 5.41) is 5.03. The fourth-order valence-electron chi connectivity index (χ4n) is 6.44. The maximum absolute atomic E-state index is 6.19. The largest absolute Gasteiger partial charge is 0.456 e. The van der Waals surface area contributed by atoms with Crippen LogP contribution in [0.15, 0.2) is 114 Å². The topological polar surface area (TPSA) is 18.1 Å². The summed E-state index contributed by atoms with van der Waals surface area (Å²) in [5.41, 5.74) is 9.66. The summed E-state index contributed by atoms with van der Waals surface area (Å²) in [5.74, 6) is 0. The third-order valence-corrected chi connectivity index (χ3v) is 8.51. The van der Waals surface area contributed by atoms with Crippen molar-refractivity contribution in [3.63, 3.8) is 0 Å². The Balaban J connectivity index is 1.25. The highest BCUT2D eigenvalue weighted by Gasteiger charge is 2.24. The SMILES string of the molecule is CC(C)(C)c1cccc2c1c1ccccc1n2-c1ccc(CC(C)(C)c2ccc3c(c2)oc2ccccc23)cc1. The molecule has 0 saturated heterocycles. The lowest BCUT2D eigenvalue weighted by atomic mass is 9.79. The number of hydrogen-bond acceptors (Lipinski definition) is 1. The van der Waals surface area contributed by atoms with Gasteiger partial charge in [-0.05, 0) is 70.3 Å². The number of furan rings is 1. The first-order chi connectivity index (χ1) is 19.2. The Labute approximate surface area is 235 Å². The molecule has 0 aliphatic heterocycles. The van der Waals surface area contributed by atoms with Gasteiger partial charge in [0.1, 0.15) is 11.2 Å². The number of fused-ring (bicyclic) bond motifs is 6. The zero-order chi connectivity index (χ0) is 27.6. The van der Waals surface area contributed by atoms with E-state index in [1.54, 1.807) is 0 Å². The molecule has 2 heteroatoms. The normalized spacial score (nSPS) is 12.7. The Hall–Kier alpha value is -4.30. The minimum atomic E-state index is -0.0386. The molecule has 0 saturated carbocycles. The standard InChI is InChI=1S/C38H35NO/c1-37(2,3)31-13-10-15-33-36(31)30-12-6-8-14-32(30)39(33)27-20-17-25(18-21-27)24-38(4,5)26-19-22-29-28-11-7-9-16-34(28)40-35(29)23-26/h6-23H,24H2,1-5H3. The van der Waals surface area contributed by atoms with E-state index < -0.39 is 0 Å². The number of rotatable bonds is 4. The van der Waals surface area contributed by atoms with Crippen molar-refractivity contribution >= 4 is 43.7 Å². The van der Waals surface area contributed by atoms with Gasteiger partial charge in [-0.3, -0.25) is 0 Å². The van der Waals surface area contributed by atoms with E-state index in [9.17, 15) is 0 Å². The summed E-state index contributed by atoms with van der Waals surface area (Å²) in [6, 6.07) is 39.7. The first-order valence-corrected chi connectivity index (χ1v) is 14.2. The van der Waals surface area contributed by atoms with Crippen molar-refractivity contribution in [2.45, 2.75) is 51.9 Å². The van der Waals surface area contributed by atoms with Crippen LogP contribution in [0.2, 0.25) is 0 Å². The van der Waals surface area contributed by atoms with Crippen LogP contribution in [0.5, 0.6) is 0 Å². The molecule has 0 amide bonds. The predicted molar refractivity (Wildman–Crippen MR) is 170 cm³/mol. The second-order valence-corrected chi connectivity index (χ2v) is 12.8. The Morgan fingerprint density at radius 3 is 2.05 bits per heavy atom. The lowest BCUT2D eigenvalue weighted by Gasteiger charge is -2.25. The van der Waals surface area contributed by atoms with Gasteiger partial charge in [0.05, 0.1) is 11.0 Å². The molecule has 0 spiro atoms. The van der Waals surface area contributed by atoms with Gasteiger partial charge in [-0.2, -0.15) is 0 Å². The average molecular weight is 522 g/mol. The molecule has 7 rings (SSSR count). The smallest absolute Gasteiger partial charge is 0.135 e. The van der Waals surface area contributed by atoms with Crippen LogP contribution in [0.3, 0.4) is 0 Å². The van der Waals surface area contributed by atoms with Gasteiger partial charge in [0.2, 0.25) is 0 Å². The molecule has 0 aliphatic rings. The van der Waals surface area contributed by atoms with Crippen molar-refractivity contribution in [1.82, 2.24) is 4.57 Å². The molecule has 0 aliphatic carbocycles. The Morgan fingerprint density at radius 2 is 1.27 bits per heavy atom. The third-order valence-electron chi connectivity index (χ3n) is 8.51. The van der Waals surface area contributed by atoms with Crippen LogP contribution in [0.25, 0.3) is 49.4 Å². The van der Waals surface area contributed by atoms with Crippen molar-refractivity contribution < 1.29 is 4.42 Å². The molecule has 5 aromatic carbocycles. The minimum absolute atomic E-state index is 0.0386. The number of benzene rings is 5. The average Bonchev–Trinajstić information content (AvgIpc) is 3.48. The van der Waals surface area contributed by atoms with Gasteiger partial charge >= 0.3 is 0 Å². The lowest BCUT2D eigenvalue weighted by molar-refractivity contribution is 0.521.